The molecule has 18 rings (SSSR count). The van der Waals surface area contributed by atoms with Crippen LogP contribution in [0.2, 0.25) is 0 Å². The number of hydrogen-bond acceptors (Lipinski definition) is 2. The van der Waals surface area contributed by atoms with E-state index in [4.69, 9.17) is 0 Å². The van der Waals surface area contributed by atoms with E-state index >= 15 is 0 Å². The lowest BCUT2D eigenvalue weighted by Gasteiger charge is -2.45. The summed E-state index contributed by atoms with van der Waals surface area (Å²) in [6, 6.07) is 110. The summed E-state index contributed by atoms with van der Waals surface area (Å²) in [6.07, 6.45) is 0. The minimum atomic E-state index is -0.519. The quantitative estimate of drug-likeness (QED) is 0.163. The number of nitrogens with zero attached hydrogens (tertiary/aromatic N) is 2. The number of hydrogen-bond donors (Lipinski definition) is 0. The minimum Gasteiger partial charge on any atom is -0.309 e. The van der Waals surface area contributed by atoms with Crippen LogP contribution in [-0.4, -0.2) is 0 Å². The van der Waals surface area contributed by atoms with Gasteiger partial charge in [-0.25, -0.2) is 0 Å². The summed E-state index contributed by atoms with van der Waals surface area (Å²) in [5.41, 5.74) is 24.0. The second-order valence-electron chi connectivity index (χ2n) is 22.2. The number of anilines is 6. The molecule has 370 valence electrons. The van der Waals surface area contributed by atoms with E-state index in [9.17, 15) is 0 Å². The Morgan fingerprint density at radius 3 is 0.912 bits per heavy atom. The zero-order chi connectivity index (χ0) is 52.3. The molecule has 80 heavy (non-hydrogen) atoms. The van der Waals surface area contributed by atoms with E-state index in [0.717, 1.165) is 11.4 Å². The second kappa shape index (κ2) is 16.1. The van der Waals surface area contributed by atoms with Gasteiger partial charge < -0.3 is 9.80 Å². The molecule has 0 atom stereocenters. The highest BCUT2D eigenvalue weighted by molar-refractivity contribution is 6.21. The van der Waals surface area contributed by atoms with Crippen LogP contribution in [0, 0.1) is 0 Å². The summed E-state index contributed by atoms with van der Waals surface area (Å²) in [5.74, 6) is 0. The van der Waals surface area contributed by atoms with E-state index in [1.54, 1.807) is 0 Å². The third kappa shape index (κ3) is 5.52. The van der Waals surface area contributed by atoms with E-state index in [-0.39, 0.29) is 0 Å². The highest BCUT2D eigenvalue weighted by Gasteiger charge is 2.53. The Bertz CT molecular complexity index is 4560. The maximum absolute atomic E-state index is 2.58. The molecule has 0 aromatic heterocycles. The summed E-state index contributed by atoms with van der Waals surface area (Å²) in [7, 11) is 0. The van der Waals surface area contributed by atoms with Gasteiger partial charge in [0, 0.05) is 10.8 Å². The van der Waals surface area contributed by atoms with Crippen molar-refractivity contribution in [2.75, 3.05) is 9.80 Å². The molecule has 2 aliphatic carbocycles. The number of fused-ring (bicyclic) bond motifs is 22. The Morgan fingerprint density at radius 2 is 0.512 bits per heavy atom. The van der Waals surface area contributed by atoms with Gasteiger partial charge >= 0.3 is 0 Å². The van der Waals surface area contributed by atoms with Crippen LogP contribution in [0.25, 0.3) is 76.5 Å². The van der Waals surface area contributed by atoms with Crippen molar-refractivity contribution in [3.8, 4) is 33.4 Å². The van der Waals surface area contributed by atoms with Gasteiger partial charge in [0.05, 0.1) is 45.0 Å². The average Bonchev–Trinajstić information content (AvgIpc) is 3.95. The van der Waals surface area contributed by atoms with E-state index in [2.05, 4.69) is 301 Å². The molecule has 0 amide bonds. The van der Waals surface area contributed by atoms with Gasteiger partial charge in [0.1, 0.15) is 0 Å². The molecule has 2 aliphatic heterocycles. The monoisotopic (exact) mass is 1010 g/mol. The van der Waals surface area contributed by atoms with E-state index in [1.165, 1.54) is 144 Å². The first-order valence-electron chi connectivity index (χ1n) is 28.0. The van der Waals surface area contributed by atoms with Crippen molar-refractivity contribution in [3.05, 3.63) is 336 Å². The molecule has 0 bridgehead atoms. The van der Waals surface area contributed by atoms with Gasteiger partial charge in [-0.05, 0) is 171 Å². The standard InChI is InChI=1S/C78H48N2/c1-2-22-50-46-53-47-52(44-43-51(53)45-49(50)21-1)76-58-27-19-41-70(79-72-37-15-11-33-66(72)77(67-34-12-16-38-73(67)79)62-29-7-3-23-54(62)55-24-4-8-30-63(55)77)60(58)48-61-59(76)28-20-42-71(61)80-74-39-17-13-35-68(74)78(69-36-14-18-40-75(69)80)64-31-9-5-25-56(64)57-26-6-10-32-65(57)78/h1-48H. The van der Waals surface area contributed by atoms with Crippen molar-refractivity contribution < 1.29 is 0 Å². The lowest BCUT2D eigenvalue weighted by atomic mass is 9.64. The Morgan fingerprint density at radius 1 is 0.200 bits per heavy atom. The fourth-order valence-corrected chi connectivity index (χ4v) is 15.6. The van der Waals surface area contributed by atoms with Crippen LogP contribution in [0.5, 0.6) is 0 Å². The van der Waals surface area contributed by atoms with Gasteiger partial charge in [-0.3, -0.25) is 0 Å². The molecule has 0 unspecified atom stereocenters. The molecule has 2 nitrogen and oxygen atoms in total. The molecule has 2 spiro atoms. The normalized spacial score (nSPS) is 14.4. The fraction of sp³-hybridized carbons (Fsp3) is 0.0256. The highest BCUT2D eigenvalue weighted by Crippen LogP contribution is 2.66. The smallest absolute Gasteiger partial charge is 0.0754 e. The molecule has 0 fully saturated rings. The van der Waals surface area contributed by atoms with E-state index in [1.807, 2.05) is 0 Å². The number of para-hydroxylation sites is 4. The number of rotatable bonds is 3. The molecule has 14 aromatic rings. The average molecular weight is 1010 g/mol. The summed E-state index contributed by atoms with van der Waals surface area (Å²) < 4.78 is 0. The van der Waals surface area contributed by atoms with Crippen LogP contribution in [0.15, 0.2) is 291 Å². The van der Waals surface area contributed by atoms with Crippen molar-refractivity contribution in [1.82, 2.24) is 0 Å². The Balaban J connectivity index is 0.940. The van der Waals surface area contributed by atoms with Gasteiger partial charge in [-0.1, -0.05) is 231 Å². The van der Waals surface area contributed by atoms with Crippen LogP contribution < -0.4 is 9.80 Å². The maximum Gasteiger partial charge on any atom is 0.0754 e. The van der Waals surface area contributed by atoms with Crippen molar-refractivity contribution in [3.63, 3.8) is 0 Å². The highest BCUT2D eigenvalue weighted by atomic mass is 15.2. The molecule has 0 radical (unpaired) electrons. The summed E-state index contributed by atoms with van der Waals surface area (Å²) in [4.78, 5) is 5.16. The van der Waals surface area contributed by atoms with Gasteiger partial charge in [-0.15, -0.1) is 0 Å². The van der Waals surface area contributed by atoms with Crippen molar-refractivity contribution >= 4 is 77.2 Å². The van der Waals surface area contributed by atoms with Crippen LogP contribution in [0.3, 0.4) is 0 Å². The summed E-state index contributed by atoms with van der Waals surface area (Å²) >= 11 is 0. The molecular formula is C78H48N2. The largest absolute Gasteiger partial charge is 0.309 e. The summed E-state index contributed by atoms with van der Waals surface area (Å²) in [6.45, 7) is 0. The molecule has 2 heterocycles. The maximum atomic E-state index is 2.58. The van der Waals surface area contributed by atoms with Crippen molar-refractivity contribution in [1.29, 1.82) is 0 Å². The van der Waals surface area contributed by atoms with Crippen molar-refractivity contribution in [2.45, 2.75) is 10.8 Å². The van der Waals surface area contributed by atoms with Gasteiger partial charge in [0.15, 0.2) is 0 Å². The predicted octanol–water partition coefficient (Wildman–Crippen LogP) is 20.3. The fourth-order valence-electron chi connectivity index (χ4n) is 15.6. The van der Waals surface area contributed by atoms with Gasteiger partial charge in [0.25, 0.3) is 0 Å². The predicted molar refractivity (Wildman–Crippen MR) is 333 cm³/mol. The Labute approximate surface area is 464 Å². The second-order valence-corrected chi connectivity index (χ2v) is 22.2. The first-order valence-corrected chi connectivity index (χ1v) is 28.0. The van der Waals surface area contributed by atoms with Crippen LogP contribution in [-0.2, 0) is 10.8 Å². The molecule has 4 aliphatic rings. The molecular weight excluding hydrogens is 965 g/mol. The first kappa shape index (κ1) is 43.8. The zero-order valence-corrected chi connectivity index (χ0v) is 43.6. The van der Waals surface area contributed by atoms with Gasteiger partial charge in [-0.2, -0.15) is 0 Å². The van der Waals surface area contributed by atoms with E-state index < -0.39 is 10.8 Å². The lowest BCUT2D eigenvalue weighted by Crippen LogP contribution is -2.36. The molecule has 14 aromatic carbocycles. The molecule has 0 saturated heterocycles. The first-order chi connectivity index (χ1) is 39.7. The molecule has 0 N–H and O–H groups in total. The Hall–Kier alpha value is -10.3. The number of benzene rings is 14. The van der Waals surface area contributed by atoms with Crippen molar-refractivity contribution in [2.24, 2.45) is 0 Å². The Kier molecular flexibility index (Phi) is 8.83. The minimum absolute atomic E-state index is 0.519. The molecule has 2 heteroatoms. The van der Waals surface area contributed by atoms with E-state index in [0.29, 0.717) is 0 Å². The summed E-state index contributed by atoms with van der Waals surface area (Å²) in [5, 5.41) is 9.72. The van der Waals surface area contributed by atoms with Gasteiger partial charge in [0.2, 0.25) is 0 Å². The van der Waals surface area contributed by atoms with Crippen LogP contribution in [0.1, 0.15) is 44.5 Å². The SMILES string of the molecule is c1ccc2c(c1)-c1ccccc1C21c2ccccc2N(c2cccc3c(-c4ccc5cc6ccccc6cc5c4)c4cccc(N5c6ccccc6C6(c7ccccc7-c7ccccc76)c6ccccc65)c4cc23)c2ccccc21. The zero-order valence-electron chi connectivity index (χ0n) is 43.6. The molecule has 0 saturated carbocycles. The third-order valence-corrected chi connectivity index (χ3v) is 18.6. The topological polar surface area (TPSA) is 6.48 Å². The lowest BCUT2D eigenvalue weighted by molar-refractivity contribution is 0.753. The van der Waals surface area contributed by atoms with Crippen LogP contribution in [0.4, 0.5) is 34.1 Å². The van der Waals surface area contributed by atoms with Crippen LogP contribution >= 0.6 is 0 Å². The third-order valence-electron chi connectivity index (χ3n) is 18.6.